The van der Waals surface area contributed by atoms with Crippen molar-refractivity contribution in [3.8, 4) is 12.1 Å². The number of carbonyl (C=O) groups is 2. The lowest BCUT2D eigenvalue weighted by Gasteiger charge is -2.40. The molecule has 186 valence electrons. The van der Waals surface area contributed by atoms with E-state index in [1.165, 1.54) is 11.0 Å². The van der Waals surface area contributed by atoms with Gasteiger partial charge in [0.25, 0.3) is 0 Å². The first-order chi connectivity index (χ1) is 16.7. The van der Waals surface area contributed by atoms with E-state index < -0.39 is 35.6 Å². The fraction of sp³-hybridized carbons (Fsp3) is 0.522. The minimum absolute atomic E-state index is 0.145. The topological polar surface area (TPSA) is 131 Å². The van der Waals surface area contributed by atoms with Gasteiger partial charge in [0.05, 0.1) is 53.6 Å². The largest absolute Gasteiger partial charge is 0.450 e. The van der Waals surface area contributed by atoms with Crippen LogP contribution < -0.4 is 20.4 Å². The molecule has 2 aliphatic heterocycles. The molecule has 2 N–H and O–H groups in total. The van der Waals surface area contributed by atoms with Crippen LogP contribution in [-0.4, -0.2) is 62.1 Å². The third-order valence-electron chi connectivity index (χ3n) is 6.13. The van der Waals surface area contributed by atoms with Crippen molar-refractivity contribution in [2.75, 3.05) is 42.6 Å². The molecular formula is C23H27FN6O4S. The number of rotatable bonds is 7. The Bertz CT molecular complexity index is 1060. The molecule has 10 nitrogen and oxygen atoms in total. The second-order valence-electron chi connectivity index (χ2n) is 8.37. The molecule has 0 aliphatic carbocycles. The highest BCUT2D eigenvalue weighted by molar-refractivity contribution is 7.80. The maximum atomic E-state index is 15.1. The lowest BCUT2D eigenvalue weighted by atomic mass is 9.74. The van der Waals surface area contributed by atoms with Crippen LogP contribution in [0.15, 0.2) is 18.2 Å². The number of piperidine rings is 1. The highest BCUT2D eigenvalue weighted by Crippen LogP contribution is 2.37. The van der Waals surface area contributed by atoms with Crippen molar-refractivity contribution in [2.24, 2.45) is 5.41 Å². The number of carbonyl (C=O) groups excluding carboxylic acids is 2. The summed E-state index contributed by atoms with van der Waals surface area (Å²) >= 11 is 4.97. The van der Waals surface area contributed by atoms with E-state index in [9.17, 15) is 20.1 Å². The minimum atomic E-state index is -1.11. The van der Waals surface area contributed by atoms with E-state index in [1.807, 2.05) is 6.07 Å². The van der Waals surface area contributed by atoms with E-state index in [1.54, 1.807) is 30.9 Å². The van der Waals surface area contributed by atoms with Crippen LogP contribution in [0.2, 0.25) is 0 Å². The van der Waals surface area contributed by atoms with E-state index in [4.69, 9.17) is 21.7 Å². The summed E-state index contributed by atoms with van der Waals surface area (Å²) in [6.07, 6.45) is -1.21. The van der Waals surface area contributed by atoms with Crippen molar-refractivity contribution in [1.29, 1.82) is 10.5 Å². The molecule has 0 saturated carbocycles. The van der Waals surface area contributed by atoms with Gasteiger partial charge in [-0.05, 0) is 44.9 Å². The monoisotopic (exact) mass is 502 g/mol. The Morgan fingerprint density at radius 2 is 2.11 bits per heavy atom. The summed E-state index contributed by atoms with van der Waals surface area (Å²) < 4.78 is 25.2. The maximum absolute atomic E-state index is 15.1. The summed E-state index contributed by atoms with van der Waals surface area (Å²) in [7, 11) is 0. The van der Waals surface area contributed by atoms with Crippen molar-refractivity contribution in [3.63, 3.8) is 0 Å². The number of amides is 2. The standard InChI is InChI=1S/C23H27FN6O4S/c1-3-33-21(31)28-20(11-25)23(14-26)6-8-29(9-7-23)19-5-4-16(10-18(19)24)30-13-17(34-22(30)32)12-27-15(2)35/h4-5,10,17,20H,3,6-9,12-13H2,1-2H3,(H,27,35)(H,28,31)/t17-,20?/m0/s1. The molecule has 0 spiro atoms. The molecule has 0 bridgehead atoms. The third kappa shape index (κ3) is 5.89. The number of nitrogens with one attached hydrogen (secondary N) is 2. The molecule has 0 radical (unpaired) electrons. The first kappa shape index (κ1) is 26.0. The van der Waals surface area contributed by atoms with E-state index in [2.05, 4.69) is 16.7 Å². The van der Waals surface area contributed by atoms with Crippen molar-refractivity contribution < 1.29 is 23.5 Å². The van der Waals surface area contributed by atoms with Crippen LogP contribution in [0.4, 0.5) is 25.4 Å². The molecule has 1 aromatic rings. The van der Waals surface area contributed by atoms with Crippen LogP contribution in [-0.2, 0) is 9.47 Å². The molecule has 1 aromatic carbocycles. The highest BCUT2D eigenvalue weighted by Gasteiger charge is 2.44. The molecule has 35 heavy (non-hydrogen) atoms. The fourth-order valence-corrected chi connectivity index (χ4v) is 4.30. The maximum Gasteiger partial charge on any atom is 0.414 e. The van der Waals surface area contributed by atoms with Crippen LogP contribution in [0.3, 0.4) is 0 Å². The Kier molecular flexibility index (Phi) is 8.30. The SMILES string of the molecule is CCOC(=O)NC(C#N)C1(C#N)CCN(c2ccc(N3C[C@H](CNC(C)=S)OC3=O)cc2F)CC1. The predicted octanol–water partition coefficient (Wildman–Crippen LogP) is 2.84. The molecule has 2 fully saturated rings. The van der Waals surface area contributed by atoms with Gasteiger partial charge in [-0.1, -0.05) is 12.2 Å². The Balaban J connectivity index is 1.67. The Morgan fingerprint density at radius 3 is 2.69 bits per heavy atom. The van der Waals surface area contributed by atoms with Gasteiger partial charge in [0.1, 0.15) is 18.0 Å². The van der Waals surface area contributed by atoms with Crippen LogP contribution >= 0.6 is 12.2 Å². The fourth-order valence-electron chi connectivity index (χ4n) is 4.21. The summed E-state index contributed by atoms with van der Waals surface area (Å²) in [5.41, 5.74) is -0.406. The summed E-state index contributed by atoms with van der Waals surface area (Å²) in [6, 6.07) is 7.65. The smallest absolute Gasteiger partial charge is 0.414 e. The third-order valence-corrected chi connectivity index (χ3v) is 6.28. The second-order valence-corrected chi connectivity index (χ2v) is 8.98. The zero-order valence-corrected chi connectivity index (χ0v) is 20.4. The molecule has 2 heterocycles. The molecule has 12 heteroatoms. The van der Waals surface area contributed by atoms with Gasteiger partial charge in [-0.2, -0.15) is 10.5 Å². The average molecular weight is 503 g/mol. The number of hydrogen-bond donors (Lipinski definition) is 2. The molecular weight excluding hydrogens is 475 g/mol. The molecule has 3 rings (SSSR count). The van der Waals surface area contributed by atoms with Crippen molar-refractivity contribution in [1.82, 2.24) is 10.6 Å². The van der Waals surface area contributed by atoms with Gasteiger partial charge in [-0.3, -0.25) is 4.90 Å². The molecule has 0 aromatic heterocycles. The lowest BCUT2D eigenvalue weighted by molar-refractivity contribution is 0.139. The molecule has 2 aliphatic rings. The number of nitriles is 2. The van der Waals surface area contributed by atoms with Gasteiger partial charge in [-0.25, -0.2) is 14.0 Å². The zero-order valence-electron chi connectivity index (χ0n) is 19.5. The molecule has 2 amide bonds. The minimum Gasteiger partial charge on any atom is -0.450 e. The van der Waals surface area contributed by atoms with Crippen LogP contribution in [0.25, 0.3) is 0 Å². The number of anilines is 2. The van der Waals surface area contributed by atoms with Gasteiger partial charge in [0.15, 0.2) is 0 Å². The summed E-state index contributed by atoms with van der Waals surface area (Å²) in [5, 5.41) is 24.8. The van der Waals surface area contributed by atoms with Crippen molar-refractivity contribution in [3.05, 3.63) is 24.0 Å². The summed E-state index contributed by atoms with van der Waals surface area (Å²) in [4.78, 5) is 27.8. The lowest BCUT2D eigenvalue weighted by Crippen LogP contribution is -2.52. The zero-order chi connectivity index (χ0) is 25.6. The number of cyclic esters (lactones) is 1. The van der Waals surface area contributed by atoms with Crippen molar-refractivity contribution >= 4 is 40.8 Å². The summed E-state index contributed by atoms with van der Waals surface area (Å²) in [6.45, 7) is 4.78. The van der Waals surface area contributed by atoms with E-state index in [0.29, 0.717) is 36.0 Å². The number of alkyl carbamates (subject to hydrolysis) is 1. The van der Waals surface area contributed by atoms with Gasteiger partial charge >= 0.3 is 12.2 Å². The highest BCUT2D eigenvalue weighted by atomic mass is 32.1. The van der Waals surface area contributed by atoms with Gasteiger partial charge in [0, 0.05) is 13.1 Å². The number of benzene rings is 1. The Labute approximate surface area is 208 Å². The predicted molar refractivity (Wildman–Crippen MR) is 129 cm³/mol. The number of halogens is 1. The Hall–Kier alpha value is -3.64. The average Bonchev–Trinajstić information content (AvgIpc) is 3.22. The van der Waals surface area contributed by atoms with Crippen molar-refractivity contribution in [2.45, 2.75) is 38.8 Å². The first-order valence-corrected chi connectivity index (χ1v) is 11.6. The van der Waals surface area contributed by atoms with E-state index >= 15 is 4.39 Å². The van der Waals surface area contributed by atoms with E-state index in [0.717, 1.165) is 0 Å². The summed E-state index contributed by atoms with van der Waals surface area (Å²) in [5.74, 6) is -0.516. The van der Waals surface area contributed by atoms with Gasteiger partial charge in [0.2, 0.25) is 0 Å². The van der Waals surface area contributed by atoms with Crippen LogP contribution in [0.5, 0.6) is 0 Å². The number of nitrogens with zero attached hydrogens (tertiary/aromatic N) is 4. The van der Waals surface area contributed by atoms with Gasteiger partial charge < -0.3 is 25.0 Å². The first-order valence-electron chi connectivity index (χ1n) is 11.2. The quantitative estimate of drug-likeness (QED) is 0.540. The number of ether oxygens (including phenoxy) is 2. The molecule has 1 unspecified atom stereocenters. The second kappa shape index (κ2) is 11.2. The van der Waals surface area contributed by atoms with Crippen LogP contribution in [0.1, 0.15) is 26.7 Å². The number of hydrogen-bond acceptors (Lipinski definition) is 8. The normalized spacial score (nSPS) is 19.7. The van der Waals surface area contributed by atoms with E-state index in [-0.39, 0.29) is 26.0 Å². The molecule has 2 saturated heterocycles. The van der Waals surface area contributed by atoms with Gasteiger partial charge in [-0.15, -0.1) is 0 Å². The van der Waals surface area contributed by atoms with Crippen LogP contribution in [0, 0.1) is 33.9 Å². The Morgan fingerprint density at radius 1 is 1.40 bits per heavy atom. The molecule has 2 atom stereocenters. The number of thiocarbonyl (C=S) groups is 1.